The molecule has 306 valence electrons. The monoisotopic (exact) mass is 724 g/mol. The molecule has 0 spiro atoms. The number of aliphatic hydroxyl groups is 3. The van der Waals surface area contributed by atoms with Gasteiger partial charge >= 0.3 is 0 Å². The number of nitrogens with one attached hydrogen (secondary N) is 1. The number of amides is 1. The highest BCUT2D eigenvalue weighted by Gasteiger charge is 2.26. The zero-order valence-electron chi connectivity index (χ0n) is 34.8. The number of rotatable bonds is 43. The van der Waals surface area contributed by atoms with Crippen LogP contribution < -0.4 is 5.32 Å². The third-order valence-corrected chi connectivity index (χ3v) is 11.2. The largest absolute Gasteiger partial charge is 0.394 e. The third-order valence-electron chi connectivity index (χ3n) is 11.2. The molecule has 5 nitrogen and oxygen atoms in total. The molecule has 0 fully saturated rings. The molecule has 4 N–H and O–H groups in total. The van der Waals surface area contributed by atoms with E-state index in [4.69, 9.17) is 0 Å². The van der Waals surface area contributed by atoms with Crippen molar-refractivity contribution in [1.82, 2.24) is 5.32 Å². The Hall–Kier alpha value is -0.650. The van der Waals surface area contributed by atoms with E-state index in [1.807, 2.05) is 0 Å². The van der Waals surface area contributed by atoms with Gasteiger partial charge in [-0.2, -0.15) is 0 Å². The van der Waals surface area contributed by atoms with Crippen LogP contribution in [0.15, 0.2) is 0 Å². The molecule has 0 saturated carbocycles. The van der Waals surface area contributed by atoms with Gasteiger partial charge in [-0.15, -0.1) is 0 Å². The van der Waals surface area contributed by atoms with Crippen molar-refractivity contribution < 1.29 is 20.1 Å². The third kappa shape index (κ3) is 37.5. The predicted octanol–water partition coefficient (Wildman–Crippen LogP) is 13.4. The number of carbonyl (C=O) groups excluding carboxylic acids is 1. The van der Waals surface area contributed by atoms with Crippen molar-refractivity contribution in [3.05, 3.63) is 0 Å². The van der Waals surface area contributed by atoms with E-state index in [-0.39, 0.29) is 12.5 Å². The summed E-state index contributed by atoms with van der Waals surface area (Å²) in [7, 11) is 0. The van der Waals surface area contributed by atoms with Crippen molar-refractivity contribution in [2.75, 3.05) is 6.61 Å². The van der Waals surface area contributed by atoms with E-state index in [0.29, 0.717) is 12.8 Å². The Morgan fingerprint density at radius 1 is 0.412 bits per heavy atom. The summed E-state index contributed by atoms with van der Waals surface area (Å²) >= 11 is 0. The number of aliphatic hydroxyl groups excluding tert-OH is 3. The number of unbranched alkanes of at least 4 members (excludes halogenated alkanes) is 35. The first-order chi connectivity index (χ1) is 25.1. The molecule has 0 aromatic rings. The first-order valence-corrected chi connectivity index (χ1v) is 23.3. The highest BCUT2D eigenvalue weighted by atomic mass is 16.3. The molecule has 0 heterocycles. The van der Waals surface area contributed by atoms with E-state index in [1.165, 1.54) is 199 Å². The highest BCUT2D eigenvalue weighted by Crippen LogP contribution is 2.17. The van der Waals surface area contributed by atoms with E-state index >= 15 is 0 Å². The molecule has 0 radical (unpaired) electrons. The molecule has 0 aliphatic rings. The molecule has 0 aliphatic heterocycles. The molecule has 0 bridgehead atoms. The average molecular weight is 724 g/mol. The van der Waals surface area contributed by atoms with Crippen LogP contribution >= 0.6 is 0 Å². The first-order valence-electron chi connectivity index (χ1n) is 23.3. The lowest BCUT2D eigenvalue weighted by atomic mass is 9.99. The van der Waals surface area contributed by atoms with Crippen LogP contribution in [0.1, 0.15) is 264 Å². The molecule has 0 aliphatic carbocycles. The second kappa shape index (κ2) is 42.1. The Labute approximate surface area is 319 Å². The zero-order valence-corrected chi connectivity index (χ0v) is 34.8. The molecule has 3 atom stereocenters. The Morgan fingerprint density at radius 2 is 0.667 bits per heavy atom. The molecule has 5 heteroatoms. The molecule has 0 saturated heterocycles. The molecule has 1 amide bonds. The van der Waals surface area contributed by atoms with Gasteiger partial charge in [-0.05, 0) is 12.8 Å². The summed E-state index contributed by atoms with van der Waals surface area (Å²) in [6.45, 7) is 4.17. The summed E-state index contributed by atoms with van der Waals surface area (Å²) in [4.78, 5) is 12.4. The SMILES string of the molecule is CCCCCCCCCCCCCCCCCCCCCCCCCCCCCCC(=O)NC(CO)C(O)C(O)CCCCCCCCCCC. The number of carbonyl (C=O) groups is 1. The van der Waals surface area contributed by atoms with E-state index in [9.17, 15) is 20.1 Å². The number of hydrogen-bond acceptors (Lipinski definition) is 4. The smallest absolute Gasteiger partial charge is 0.220 e. The molecule has 0 aromatic heterocycles. The molecule has 51 heavy (non-hydrogen) atoms. The van der Waals surface area contributed by atoms with Gasteiger partial charge in [0.05, 0.1) is 18.8 Å². The molecular weight excluding hydrogens is 631 g/mol. The van der Waals surface area contributed by atoms with Gasteiger partial charge in [0.15, 0.2) is 0 Å². The second-order valence-corrected chi connectivity index (χ2v) is 16.3. The molecule has 0 rings (SSSR count). The lowest BCUT2D eigenvalue weighted by molar-refractivity contribution is -0.124. The minimum Gasteiger partial charge on any atom is -0.394 e. The maximum Gasteiger partial charge on any atom is 0.220 e. The fourth-order valence-corrected chi connectivity index (χ4v) is 7.58. The van der Waals surface area contributed by atoms with Crippen molar-refractivity contribution in [3.63, 3.8) is 0 Å². The Morgan fingerprint density at radius 3 is 0.941 bits per heavy atom. The fourth-order valence-electron chi connectivity index (χ4n) is 7.58. The van der Waals surface area contributed by atoms with Crippen LogP contribution in [0.25, 0.3) is 0 Å². The van der Waals surface area contributed by atoms with E-state index < -0.39 is 18.2 Å². The van der Waals surface area contributed by atoms with E-state index in [1.54, 1.807) is 0 Å². The summed E-state index contributed by atoms with van der Waals surface area (Å²) < 4.78 is 0. The lowest BCUT2D eigenvalue weighted by Gasteiger charge is -2.26. The standard InChI is InChI=1S/C46H93NO4/c1-3-5-7-9-11-13-14-15-16-17-18-19-20-21-22-23-24-25-26-27-28-29-30-31-33-35-37-39-41-45(50)47-43(42-48)46(51)44(49)40-38-36-34-32-12-10-8-6-4-2/h43-44,46,48-49,51H,3-42H2,1-2H3,(H,47,50). The summed E-state index contributed by atoms with van der Waals surface area (Å²) in [5.41, 5.74) is 0. The number of hydrogen-bond donors (Lipinski definition) is 4. The fraction of sp³-hybridized carbons (Fsp3) is 0.978. The van der Waals surface area contributed by atoms with Gasteiger partial charge in [0.2, 0.25) is 5.91 Å². The van der Waals surface area contributed by atoms with Crippen molar-refractivity contribution >= 4 is 5.91 Å². The quantitative estimate of drug-likeness (QED) is 0.0472. The van der Waals surface area contributed by atoms with Crippen molar-refractivity contribution in [1.29, 1.82) is 0 Å². The van der Waals surface area contributed by atoms with Crippen LogP contribution in [0, 0.1) is 0 Å². The average Bonchev–Trinajstić information content (AvgIpc) is 3.13. The maximum atomic E-state index is 12.4. The molecule has 0 aromatic carbocycles. The minimum atomic E-state index is -1.13. The topological polar surface area (TPSA) is 89.8 Å². The van der Waals surface area contributed by atoms with Gasteiger partial charge in [0, 0.05) is 6.42 Å². The van der Waals surface area contributed by atoms with Crippen LogP contribution in [-0.2, 0) is 4.79 Å². The zero-order chi connectivity index (χ0) is 37.3. The van der Waals surface area contributed by atoms with Crippen molar-refractivity contribution in [2.24, 2.45) is 0 Å². The maximum absolute atomic E-state index is 12.4. The van der Waals surface area contributed by atoms with Crippen molar-refractivity contribution in [3.8, 4) is 0 Å². The Balaban J connectivity index is 3.44. The van der Waals surface area contributed by atoms with Crippen LogP contribution in [0.5, 0.6) is 0 Å². The second-order valence-electron chi connectivity index (χ2n) is 16.3. The van der Waals surface area contributed by atoms with Crippen molar-refractivity contribution in [2.45, 2.75) is 283 Å². The highest BCUT2D eigenvalue weighted by molar-refractivity contribution is 5.76. The Kier molecular flexibility index (Phi) is 41.6. The van der Waals surface area contributed by atoms with Crippen LogP contribution in [-0.4, -0.2) is 46.1 Å². The van der Waals surface area contributed by atoms with Gasteiger partial charge in [0.25, 0.3) is 0 Å². The molecule has 3 unspecified atom stereocenters. The van der Waals surface area contributed by atoms with E-state index in [0.717, 1.165) is 38.5 Å². The van der Waals surface area contributed by atoms with Gasteiger partial charge in [-0.3, -0.25) is 4.79 Å². The van der Waals surface area contributed by atoms with Crippen LogP contribution in [0.4, 0.5) is 0 Å². The normalized spacial score (nSPS) is 13.4. The molecular formula is C46H93NO4. The Bertz CT molecular complexity index is 674. The summed E-state index contributed by atoms with van der Waals surface area (Å²) in [6.07, 6.45) is 48.2. The summed E-state index contributed by atoms with van der Waals surface area (Å²) in [5.74, 6) is -0.141. The lowest BCUT2D eigenvalue weighted by Crippen LogP contribution is -2.50. The van der Waals surface area contributed by atoms with Crippen LogP contribution in [0.2, 0.25) is 0 Å². The van der Waals surface area contributed by atoms with Gasteiger partial charge in [-0.25, -0.2) is 0 Å². The predicted molar refractivity (Wildman–Crippen MR) is 222 cm³/mol. The minimum absolute atomic E-state index is 0.141. The van der Waals surface area contributed by atoms with Gasteiger partial charge in [0.1, 0.15) is 6.10 Å². The summed E-state index contributed by atoms with van der Waals surface area (Å²) in [6, 6.07) is -0.801. The van der Waals surface area contributed by atoms with E-state index in [2.05, 4.69) is 19.2 Å². The summed E-state index contributed by atoms with van der Waals surface area (Å²) in [5, 5.41) is 33.4. The van der Waals surface area contributed by atoms with Gasteiger partial charge < -0.3 is 20.6 Å². The van der Waals surface area contributed by atoms with Gasteiger partial charge in [-0.1, -0.05) is 245 Å². The van der Waals surface area contributed by atoms with Crippen LogP contribution in [0.3, 0.4) is 0 Å². The first kappa shape index (κ1) is 50.4.